The second-order valence-corrected chi connectivity index (χ2v) is 5.40. The monoisotopic (exact) mass is 328 g/mol. The van der Waals surface area contributed by atoms with Crippen molar-refractivity contribution in [1.29, 1.82) is 5.26 Å². The molecule has 2 nitrogen and oxygen atoms in total. The van der Waals surface area contributed by atoms with Crippen molar-refractivity contribution in [1.82, 2.24) is 0 Å². The van der Waals surface area contributed by atoms with E-state index in [0.29, 0.717) is 6.54 Å². The molecule has 0 spiro atoms. The normalized spacial score (nSPS) is 10.1. The molecule has 1 N–H and O–H groups in total. The van der Waals surface area contributed by atoms with Crippen molar-refractivity contribution in [2.24, 2.45) is 0 Å². The number of thiophene rings is 1. The molecule has 92 valence electrons. The topological polar surface area (TPSA) is 35.8 Å². The van der Waals surface area contributed by atoms with Gasteiger partial charge in [-0.2, -0.15) is 5.26 Å². The summed E-state index contributed by atoms with van der Waals surface area (Å²) in [6, 6.07) is 6.11. The highest BCUT2D eigenvalue weighted by atomic mass is 79.9. The van der Waals surface area contributed by atoms with Gasteiger partial charge in [-0.15, -0.1) is 11.3 Å². The molecule has 0 bridgehead atoms. The fourth-order valence-corrected chi connectivity index (χ4v) is 2.79. The Bertz CT molecular complexity index is 619. The summed E-state index contributed by atoms with van der Waals surface area (Å²) in [5.74, 6) is -2.14. The number of hydrogen-bond donors (Lipinski definition) is 1. The van der Waals surface area contributed by atoms with E-state index in [2.05, 4.69) is 21.2 Å². The molecule has 18 heavy (non-hydrogen) atoms. The van der Waals surface area contributed by atoms with Gasteiger partial charge in [0.2, 0.25) is 0 Å². The van der Waals surface area contributed by atoms with Crippen LogP contribution in [0, 0.1) is 23.0 Å². The van der Waals surface area contributed by atoms with E-state index in [0.717, 1.165) is 9.35 Å². The summed E-state index contributed by atoms with van der Waals surface area (Å²) in [5.41, 5.74) is -0.243. The molecular weight excluding hydrogens is 322 g/mol. The van der Waals surface area contributed by atoms with E-state index >= 15 is 0 Å². The van der Waals surface area contributed by atoms with Crippen LogP contribution < -0.4 is 5.32 Å². The highest BCUT2D eigenvalue weighted by Gasteiger charge is 2.12. The van der Waals surface area contributed by atoms with Gasteiger partial charge in [0.15, 0.2) is 11.6 Å². The SMILES string of the molecule is N#Cc1ccc(NCc2cc(Br)cs2)c(F)c1F. The first-order valence-corrected chi connectivity index (χ1v) is 6.64. The highest BCUT2D eigenvalue weighted by molar-refractivity contribution is 9.10. The minimum absolute atomic E-state index is 0.0519. The van der Waals surface area contributed by atoms with Crippen molar-refractivity contribution in [2.75, 3.05) is 5.32 Å². The summed E-state index contributed by atoms with van der Waals surface area (Å²) in [6.07, 6.45) is 0. The standard InChI is InChI=1S/C12H7BrF2N2S/c13-8-3-9(18-6-8)5-17-10-2-1-7(4-16)11(14)12(10)15/h1-3,6,17H,5H2. The summed E-state index contributed by atoms with van der Waals surface area (Å²) in [6.45, 7) is 0.401. The first-order chi connectivity index (χ1) is 8.61. The first-order valence-electron chi connectivity index (χ1n) is 4.96. The fraction of sp³-hybridized carbons (Fsp3) is 0.0833. The third-order valence-electron chi connectivity index (χ3n) is 2.28. The zero-order valence-electron chi connectivity index (χ0n) is 9.01. The average molecular weight is 329 g/mol. The molecule has 0 unspecified atom stereocenters. The molecule has 2 aromatic rings. The Morgan fingerprint density at radius 1 is 1.33 bits per heavy atom. The molecule has 0 aliphatic heterocycles. The molecule has 0 aliphatic carbocycles. The van der Waals surface area contributed by atoms with Gasteiger partial charge in [0.1, 0.15) is 6.07 Å². The average Bonchev–Trinajstić information content (AvgIpc) is 2.77. The number of halogens is 3. The maximum atomic E-state index is 13.6. The Kier molecular flexibility index (Phi) is 3.94. The van der Waals surface area contributed by atoms with Gasteiger partial charge in [0.05, 0.1) is 11.3 Å². The molecular formula is C12H7BrF2N2S. The largest absolute Gasteiger partial charge is 0.378 e. The lowest BCUT2D eigenvalue weighted by atomic mass is 10.2. The minimum atomic E-state index is -1.12. The predicted molar refractivity (Wildman–Crippen MR) is 70.4 cm³/mol. The second-order valence-electron chi connectivity index (χ2n) is 3.49. The van der Waals surface area contributed by atoms with Crippen LogP contribution in [0.2, 0.25) is 0 Å². The van der Waals surface area contributed by atoms with Gasteiger partial charge < -0.3 is 5.32 Å². The van der Waals surface area contributed by atoms with E-state index in [9.17, 15) is 8.78 Å². The number of nitrogens with one attached hydrogen (secondary N) is 1. The van der Waals surface area contributed by atoms with Crippen LogP contribution in [-0.4, -0.2) is 0 Å². The molecule has 2 rings (SSSR count). The number of anilines is 1. The number of nitrogens with zero attached hydrogens (tertiary/aromatic N) is 1. The van der Waals surface area contributed by atoms with Crippen LogP contribution in [0.3, 0.4) is 0 Å². The molecule has 1 heterocycles. The van der Waals surface area contributed by atoms with E-state index in [-0.39, 0.29) is 11.3 Å². The zero-order chi connectivity index (χ0) is 13.1. The number of benzene rings is 1. The Morgan fingerprint density at radius 2 is 2.11 bits per heavy atom. The van der Waals surface area contributed by atoms with Gasteiger partial charge in [-0.05, 0) is 34.1 Å². The molecule has 1 aromatic heterocycles. The van der Waals surface area contributed by atoms with Crippen molar-refractivity contribution in [2.45, 2.75) is 6.54 Å². The van der Waals surface area contributed by atoms with Crippen molar-refractivity contribution in [3.63, 3.8) is 0 Å². The molecule has 0 saturated carbocycles. The smallest absolute Gasteiger partial charge is 0.183 e. The maximum Gasteiger partial charge on any atom is 0.183 e. The zero-order valence-corrected chi connectivity index (χ0v) is 11.4. The summed E-state index contributed by atoms with van der Waals surface area (Å²) in [5, 5.41) is 13.3. The molecule has 0 saturated heterocycles. The Hall–Kier alpha value is -1.45. The molecule has 0 radical (unpaired) electrons. The van der Waals surface area contributed by atoms with Crippen molar-refractivity contribution in [3.8, 4) is 6.07 Å². The summed E-state index contributed by atoms with van der Waals surface area (Å²) < 4.78 is 27.9. The number of nitriles is 1. The lowest BCUT2D eigenvalue weighted by molar-refractivity contribution is 0.508. The van der Waals surface area contributed by atoms with Crippen LogP contribution in [0.1, 0.15) is 10.4 Å². The molecule has 1 aromatic carbocycles. The van der Waals surface area contributed by atoms with E-state index in [1.54, 1.807) is 6.07 Å². The Labute approximate surface area is 115 Å². The van der Waals surface area contributed by atoms with E-state index in [1.807, 2.05) is 11.4 Å². The number of hydrogen-bond acceptors (Lipinski definition) is 3. The van der Waals surface area contributed by atoms with Crippen molar-refractivity contribution < 1.29 is 8.78 Å². The molecule has 0 atom stereocenters. The molecule has 0 fully saturated rings. The third-order valence-corrected chi connectivity index (χ3v) is 3.98. The van der Waals surface area contributed by atoms with Gasteiger partial charge >= 0.3 is 0 Å². The van der Waals surface area contributed by atoms with Crippen LogP contribution in [0.5, 0.6) is 0 Å². The summed E-state index contributed by atoms with van der Waals surface area (Å²) in [4.78, 5) is 0.992. The number of rotatable bonds is 3. The Morgan fingerprint density at radius 3 is 2.72 bits per heavy atom. The fourth-order valence-electron chi connectivity index (χ4n) is 1.40. The summed E-state index contributed by atoms with van der Waals surface area (Å²) in [7, 11) is 0. The molecule has 0 aliphatic rings. The van der Waals surface area contributed by atoms with Gasteiger partial charge in [-0.3, -0.25) is 0 Å². The van der Waals surface area contributed by atoms with E-state index in [1.165, 1.54) is 23.5 Å². The van der Waals surface area contributed by atoms with Crippen molar-refractivity contribution in [3.05, 3.63) is 50.1 Å². The quantitative estimate of drug-likeness (QED) is 0.913. The van der Waals surface area contributed by atoms with Crippen LogP contribution in [0.15, 0.2) is 28.1 Å². The lowest BCUT2D eigenvalue weighted by Gasteiger charge is -2.07. The van der Waals surface area contributed by atoms with Crippen LogP contribution in [0.4, 0.5) is 14.5 Å². The second kappa shape index (κ2) is 5.46. The first kappa shape index (κ1) is 13.0. The van der Waals surface area contributed by atoms with Crippen LogP contribution in [-0.2, 0) is 6.54 Å². The van der Waals surface area contributed by atoms with Gasteiger partial charge in [0.25, 0.3) is 0 Å². The van der Waals surface area contributed by atoms with E-state index in [4.69, 9.17) is 5.26 Å². The lowest BCUT2D eigenvalue weighted by Crippen LogP contribution is -2.02. The van der Waals surface area contributed by atoms with E-state index < -0.39 is 11.6 Å². The summed E-state index contributed by atoms with van der Waals surface area (Å²) >= 11 is 4.82. The van der Waals surface area contributed by atoms with Gasteiger partial charge in [0, 0.05) is 21.3 Å². The van der Waals surface area contributed by atoms with Gasteiger partial charge in [-0.1, -0.05) is 0 Å². The Balaban J connectivity index is 2.15. The molecule has 0 amide bonds. The van der Waals surface area contributed by atoms with Crippen LogP contribution >= 0.6 is 27.3 Å². The van der Waals surface area contributed by atoms with Crippen molar-refractivity contribution >= 4 is 33.0 Å². The third kappa shape index (κ3) is 2.68. The van der Waals surface area contributed by atoms with Crippen LogP contribution in [0.25, 0.3) is 0 Å². The van der Waals surface area contributed by atoms with Gasteiger partial charge in [-0.25, -0.2) is 8.78 Å². The molecule has 6 heteroatoms. The minimum Gasteiger partial charge on any atom is -0.378 e. The maximum absolute atomic E-state index is 13.6. The highest BCUT2D eigenvalue weighted by Crippen LogP contribution is 2.23. The predicted octanol–water partition coefficient (Wildman–Crippen LogP) is 4.27.